The van der Waals surface area contributed by atoms with E-state index in [1.807, 2.05) is 0 Å². The van der Waals surface area contributed by atoms with Gasteiger partial charge in [0, 0.05) is 25.4 Å². The van der Waals surface area contributed by atoms with Gasteiger partial charge >= 0.3 is 0 Å². The Labute approximate surface area is 128 Å². The van der Waals surface area contributed by atoms with Crippen LogP contribution in [0.4, 0.5) is 0 Å². The van der Waals surface area contributed by atoms with Crippen molar-refractivity contribution in [1.29, 1.82) is 0 Å². The summed E-state index contributed by atoms with van der Waals surface area (Å²) in [6.45, 7) is 2.33. The van der Waals surface area contributed by atoms with Crippen LogP contribution in [0.15, 0.2) is 30.3 Å². The van der Waals surface area contributed by atoms with Crippen LogP contribution in [-0.4, -0.2) is 23.3 Å². The highest BCUT2D eigenvalue weighted by Gasteiger charge is 2.26. The molecule has 1 aromatic rings. The fourth-order valence-electron chi connectivity index (χ4n) is 4.04. The Balaban J connectivity index is 1.49. The topological polar surface area (TPSA) is 20.3 Å². The van der Waals surface area contributed by atoms with E-state index in [4.69, 9.17) is 0 Å². The van der Waals surface area contributed by atoms with Crippen LogP contribution < -0.4 is 0 Å². The van der Waals surface area contributed by atoms with Gasteiger partial charge in [-0.2, -0.15) is 0 Å². The van der Waals surface area contributed by atoms with Gasteiger partial charge in [0.2, 0.25) is 0 Å². The van der Waals surface area contributed by atoms with Crippen molar-refractivity contribution in [1.82, 2.24) is 4.90 Å². The molecule has 2 nitrogen and oxygen atoms in total. The second kappa shape index (κ2) is 7.22. The zero-order chi connectivity index (χ0) is 14.5. The van der Waals surface area contributed by atoms with Gasteiger partial charge in [0.05, 0.1) is 0 Å². The van der Waals surface area contributed by atoms with Crippen LogP contribution in [0.5, 0.6) is 0 Å². The lowest BCUT2D eigenvalue weighted by Gasteiger charge is -2.27. The Bertz CT molecular complexity index is 456. The molecule has 0 bridgehead atoms. The number of nitrogens with zero attached hydrogens (tertiary/aromatic N) is 1. The fourth-order valence-corrected chi connectivity index (χ4v) is 4.04. The second-order valence-corrected chi connectivity index (χ2v) is 6.83. The maximum atomic E-state index is 11.6. The summed E-state index contributed by atoms with van der Waals surface area (Å²) < 4.78 is 0. The highest BCUT2D eigenvalue weighted by atomic mass is 16.1. The van der Waals surface area contributed by atoms with Crippen molar-refractivity contribution >= 4 is 5.78 Å². The highest BCUT2D eigenvalue weighted by molar-refractivity contribution is 5.79. The molecule has 1 aliphatic carbocycles. The summed E-state index contributed by atoms with van der Waals surface area (Å²) in [6.07, 6.45) is 9.30. The molecule has 1 saturated carbocycles. The quantitative estimate of drug-likeness (QED) is 0.808. The number of carbonyl (C=O) groups is 1. The predicted octanol–water partition coefficient (Wildman–Crippen LogP) is 4.19. The summed E-state index contributed by atoms with van der Waals surface area (Å²) in [5.41, 5.74) is 1.43. The summed E-state index contributed by atoms with van der Waals surface area (Å²) in [4.78, 5) is 14.2. The number of Topliss-reactive ketones (excluding diaryl/α,β-unsaturated/α-hetero) is 1. The molecule has 1 heterocycles. The van der Waals surface area contributed by atoms with E-state index in [-0.39, 0.29) is 0 Å². The Hall–Kier alpha value is -1.15. The Kier molecular flexibility index (Phi) is 5.08. The molecule has 114 valence electrons. The normalized spacial score (nSPS) is 27.1. The molecule has 1 aromatic carbocycles. The molecule has 0 radical (unpaired) electrons. The molecule has 0 spiro atoms. The lowest BCUT2D eigenvalue weighted by Crippen LogP contribution is -2.29. The number of hydrogen-bond donors (Lipinski definition) is 0. The molecule has 0 N–H and O–H groups in total. The average Bonchev–Trinajstić information content (AvgIpc) is 2.93. The van der Waals surface area contributed by atoms with Gasteiger partial charge in [0.1, 0.15) is 5.78 Å². The minimum Gasteiger partial charge on any atom is -0.300 e. The average molecular weight is 285 g/mol. The minimum absolute atomic E-state index is 0.499. The molecule has 1 saturated heterocycles. The third kappa shape index (κ3) is 4.16. The molecule has 0 unspecified atom stereocenters. The highest BCUT2D eigenvalue weighted by Crippen LogP contribution is 2.30. The van der Waals surface area contributed by atoms with Crippen LogP contribution in [0.1, 0.15) is 56.9 Å². The van der Waals surface area contributed by atoms with Gasteiger partial charge < -0.3 is 0 Å². The Morgan fingerprint density at radius 3 is 2.71 bits per heavy atom. The van der Waals surface area contributed by atoms with Crippen LogP contribution in [-0.2, 0) is 11.3 Å². The molecule has 21 heavy (non-hydrogen) atoms. The van der Waals surface area contributed by atoms with E-state index in [1.54, 1.807) is 0 Å². The molecule has 3 rings (SSSR count). The monoisotopic (exact) mass is 285 g/mol. The number of benzene rings is 1. The number of hydrogen-bond acceptors (Lipinski definition) is 2. The Morgan fingerprint density at radius 2 is 1.90 bits per heavy atom. The van der Waals surface area contributed by atoms with Gasteiger partial charge in [0.15, 0.2) is 0 Å². The standard InChI is InChI=1S/C19H27NO/c21-19-10-4-8-16(14-19)11-12-18-9-5-13-20(18)15-17-6-2-1-3-7-17/h1-3,6-7,16,18H,4-5,8-15H2/t16-,18+/m1/s1. The number of ketones is 1. The first-order valence-corrected chi connectivity index (χ1v) is 8.61. The van der Waals surface area contributed by atoms with Crippen molar-refractivity contribution in [3.63, 3.8) is 0 Å². The van der Waals surface area contributed by atoms with Crippen LogP contribution in [0.3, 0.4) is 0 Å². The first kappa shape index (κ1) is 14.8. The smallest absolute Gasteiger partial charge is 0.133 e. The van der Waals surface area contributed by atoms with E-state index in [0.717, 1.165) is 31.8 Å². The second-order valence-electron chi connectivity index (χ2n) is 6.83. The number of rotatable bonds is 5. The van der Waals surface area contributed by atoms with Gasteiger partial charge in [-0.05, 0) is 56.6 Å². The van der Waals surface area contributed by atoms with Gasteiger partial charge in [-0.25, -0.2) is 0 Å². The maximum Gasteiger partial charge on any atom is 0.133 e. The van der Waals surface area contributed by atoms with E-state index in [2.05, 4.69) is 35.2 Å². The van der Waals surface area contributed by atoms with Crippen LogP contribution in [0, 0.1) is 5.92 Å². The van der Waals surface area contributed by atoms with Crippen molar-refractivity contribution in [3.8, 4) is 0 Å². The van der Waals surface area contributed by atoms with E-state index >= 15 is 0 Å². The third-order valence-electron chi connectivity index (χ3n) is 5.22. The van der Waals surface area contributed by atoms with Crippen molar-refractivity contribution in [2.24, 2.45) is 5.92 Å². The molecule has 0 amide bonds. The summed E-state index contributed by atoms with van der Waals surface area (Å²) in [5, 5.41) is 0. The molecule has 2 heteroatoms. The molecule has 2 atom stereocenters. The first-order valence-electron chi connectivity index (χ1n) is 8.61. The van der Waals surface area contributed by atoms with Gasteiger partial charge in [-0.15, -0.1) is 0 Å². The zero-order valence-electron chi connectivity index (χ0n) is 13.0. The van der Waals surface area contributed by atoms with Gasteiger partial charge in [0.25, 0.3) is 0 Å². The summed E-state index contributed by atoms with van der Waals surface area (Å²) >= 11 is 0. The molecular formula is C19H27NO. The molecule has 0 aromatic heterocycles. The van der Waals surface area contributed by atoms with E-state index in [9.17, 15) is 4.79 Å². The van der Waals surface area contributed by atoms with E-state index in [0.29, 0.717) is 11.7 Å². The molecule has 2 aliphatic rings. The van der Waals surface area contributed by atoms with E-state index in [1.165, 1.54) is 44.2 Å². The minimum atomic E-state index is 0.499. The largest absolute Gasteiger partial charge is 0.300 e. The lowest BCUT2D eigenvalue weighted by molar-refractivity contribution is -0.121. The Morgan fingerprint density at radius 1 is 1.05 bits per heavy atom. The maximum absolute atomic E-state index is 11.6. The van der Waals surface area contributed by atoms with Crippen LogP contribution in [0.25, 0.3) is 0 Å². The summed E-state index contributed by atoms with van der Waals surface area (Å²) in [5.74, 6) is 1.17. The zero-order valence-corrected chi connectivity index (χ0v) is 13.0. The van der Waals surface area contributed by atoms with Crippen molar-refractivity contribution in [2.75, 3.05) is 6.54 Å². The first-order chi connectivity index (χ1) is 10.3. The van der Waals surface area contributed by atoms with Gasteiger partial charge in [-0.3, -0.25) is 9.69 Å². The summed E-state index contributed by atoms with van der Waals surface area (Å²) in [6, 6.07) is 11.6. The molecule has 2 fully saturated rings. The number of carbonyl (C=O) groups excluding carboxylic acids is 1. The SMILES string of the molecule is O=C1CCC[C@H](CC[C@@H]2CCCN2Cc2ccccc2)C1. The third-order valence-corrected chi connectivity index (χ3v) is 5.22. The van der Waals surface area contributed by atoms with Crippen molar-refractivity contribution in [2.45, 2.75) is 64.0 Å². The molecular weight excluding hydrogens is 258 g/mol. The summed E-state index contributed by atoms with van der Waals surface area (Å²) in [7, 11) is 0. The van der Waals surface area contributed by atoms with Crippen molar-refractivity contribution in [3.05, 3.63) is 35.9 Å². The number of likely N-dealkylation sites (tertiary alicyclic amines) is 1. The van der Waals surface area contributed by atoms with Crippen molar-refractivity contribution < 1.29 is 4.79 Å². The van der Waals surface area contributed by atoms with E-state index < -0.39 is 0 Å². The van der Waals surface area contributed by atoms with Crippen LogP contribution >= 0.6 is 0 Å². The molecule has 1 aliphatic heterocycles. The fraction of sp³-hybridized carbons (Fsp3) is 0.632. The van der Waals surface area contributed by atoms with Gasteiger partial charge in [-0.1, -0.05) is 30.3 Å². The predicted molar refractivity (Wildman–Crippen MR) is 86.1 cm³/mol. The lowest BCUT2D eigenvalue weighted by atomic mass is 9.84. The van der Waals surface area contributed by atoms with Crippen LogP contribution in [0.2, 0.25) is 0 Å².